The van der Waals surface area contributed by atoms with Crippen LogP contribution in [-0.4, -0.2) is 4.98 Å². The second kappa shape index (κ2) is 5.91. The largest absolute Gasteiger partial charge is 0.454 e. The van der Waals surface area contributed by atoms with Crippen LogP contribution in [0.15, 0.2) is 63.8 Å². The average Bonchev–Trinajstić information content (AvgIpc) is 3.42. The Morgan fingerprint density at radius 3 is 2.48 bits per heavy atom. The van der Waals surface area contributed by atoms with Gasteiger partial charge in [-0.3, -0.25) is 4.98 Å². The highest BCUT2D eigenvalue weighted by Crippen LogP contribution is 2.42. The zero-order valence-corrected chi connectivity index (χ0v) is 18.1. The Morgan fingerprint density at radius 1 is 0.862 bits per heavy atom. The van der Waals surface area contributed by atoms with Crippen LogP contribution in [0.25, 0.3) is 53.4 Å². The van der Waals surface area contributed by atoms with Crippen LogP contribution in [0.3, 0.4) is 0 Å². The van der Waals surface area contributed by atoms with Crippen molar-refractivity contribution in [2.75, 3.05) is 0 Å². The van der Waals surface area contributed by atoms with E-state index in [2.05, 4.69) is 67.9 Å². The first-order valence-electron chi connectivity index (χ1n) is 9.70. The summed E-state index contributed by atoms with van der Waals surface area (Å²) in [5.74, 6) is 0. The lowest BCUT2D eigenvalue weighted by Gasteiger charge is -2.21. The van der Waals surface area contributed by atoms with Gasteiger partial charge in [0.2, 0.25) is 0 Å². The molecule has 6 aromatic rings. The predicted molar refractivity (Wildman–Crippen MR) is 126 cm³/mol. The van der Waals surface area contributed by atoms with Crippen molar-refractivity contribution in [2.24, 2.45) is 0 Å². The van der Waals surface area contributed by atoms with Gasteiger partial charge in [-0.15, -0.1) is 22.7 Å². The van der Waals surface area contributed by atoms with E-state index in [0.717, 1.165) is 33.2 Å². The van der Waals surface area contributed by atoms with E-state index in [4.69, 9.17) is 9.40 Å². The van der Waals surface area contributed by atoms with Crippen molar-refractivity contribution in [2.45, 2.75) is 26.2 Å². The van der Waals surface area contributed by atoms with Gasteiger partial charge >= 0.3 is 0 Å². The number of hydrogen-bond donors (Lipinski definition) is 0. The molecule has 4 heterocycles. The normalized spacial score (nSPS) is 12.7. The summed E-state index contributed by atoms with van der Waals surface area (Å²) in [5.41, 5.74) is 5.45. The Balaban J connectivity index is 1.73. The lowest BCUT2D eigenvalue weighted by Crippen LogP contribution is -2.11. The summed E-state index contributed by atoms with van der Waals surface area (Å²) < 4.78 is 8.90. The molecule has 0 unspecified atom stereocenters. The Bertz CT molecular complexity index is 1540. The van der Waals surface area contributed by atoms with E-state index in [1.54, 1.807) is 11.3 Å². The van der Waals surface area contributed by atoms with Crippen LogP contribution in [0.1, 0.15) is 26.3 Å². The van der Waals surface area contributed by atoms with Gasteiger partial charge in [-0.1, -0.05) is 26.8 Å². The Kier molecular flexibility index (Phi) is 3.50. The molecule has 4 aromatic heterocycles. The second-order valence-electron chi connectivity index (χ2n) is 8.53. The first kappa shape index (κ1) is 17.2. The molecule has 0 aliphatic rings. The molecule has 0 aliphatic carbocycles. The average molecular weight is 414 g/mol. The van der Waals surface area contributed by atoms with Gasteiger partial charge in [-0.25, -0.2) is 0 Å². The number of nitrogens with zero attached hydrogens (tertiary/aromatic N) is 1. The monoisotopic (exact) mass is 413 g/mol. The molecule has 0 fully saturated rings. The van der Waals surface area contributed by atoms with Crippen LogP contribution in [0.4, 0.5) is 0 Å². The molecule has 142 valence electrons. The van der Waals surface area contributed by atoms with Gasteiger partial charge < -0.3 is 4.42 Å². The van der Waals surface area contributed by atoms with Crippen LogP contribution >= 0.6 is 22.7 Å². The van der Waals surface area contributed by atoms with Gasteiger partial charge in [0, 0.05) is 21.8 Å². The summed E-state index contributed by atoms with van der Waals surface area (Å²) in [4.78, 5) is 4.83. The number of thiophene rings is 2. The van der Waals surface area contributed by atoms with E-state index < -0.39 is 0 Å². The summed E-state index contributed by atoms with van der Waals surface area (Å²) in [6, 6.07) is 15.3. The zero-order chi connectivity index (χ0) is 19.8. The SMILES string of the molecule is CC(C)(C)c1cc(-c2nccc3oc4c(ccc5ccsc54)c23)cc2ccsc12. The molecule has 0 amide bonds. The second-order valence-corrected chi connectivity index (χ2v) is 10.4. The molecule has 0 aliphatic heterocycles. The molecular formula is C25H19NOS2. The molecule has 0 N–H and O–H groups in total. The standard InChI is InChI=1S/C25H19NOS2/c1-25(2,3)18-13-16(12-15-8-11-28-23(15)18)21-20-17-5-4-14-7-10-29-24(14)22(17)27-19(20)6-9-26-21/h4-13H,1-3H3. The van der Waals surface area contributed by atoms with Crippen molar-refractivity contribution in [3.05, 3.63) is 65.0 Å². The third-order valence-corrected chi connectivity index (χ3v) is 7.50. The fourth-order valence-corrected chi connectivity index (χ4v) is 6.19. The summed E-state index contributed by atoms with van der Waals surface area (Å²) in [5, 5.41) is 9.05. The fraction of sp³-hybridized carbons (Fsp3) is 0.160. The van der Waals surface area contributed by atoms with Crippen molar-refractivity contribution >= 4 is 64.8 Å². The zero-order valence-electron chi connectivity index (χ0n) is 16.4. The van der Waals surface area contributed by atoms with E-state index in [1.807, 2.05) is 23.6 Å². The van der Waals surface area contributed by atoms with Gasteiger partial charge in [0.15, 0.2) is 5.58 Å². The molecule has 0 spiro atoms. The van der Waals surface area contributed by atoms with Crippen molar-refractivity contribution in [3.63, 3.8) is 0 Å². The van der Waals surface area contributed by atoms with E-state index in [-0.39, 0.29) is 5.41 Å². The fourth-order valence-electron chi connectivity index (χ4n) is 4.20. The molecule has 0 saturated heterocycles. The topological polar surface area (TPSA) is 26.0 Å². The molecular weight excluding hydrogens is 394 g/mol. The quantitative estimate of drug-likeness (QED) is 0.270. The Labute approximate surface area is 176 Å². The smallest absolute Gasteiger partial charge is 0.153 e. The highest BCUT2D eigenvalue weighted by molar-refractivity contribution is 7.18. The first-order chi connectivity index (χ1) is 14.0. The van der Waals surface area contributed by atoms with E-state index in [0.29, 0.717) is 0 Å². The van der Waals surface area contributed by atoms with Crippen molar-refractivity contribution in [1.82, 2.24) is 4.98 Å². The minimum absolute atomic E-state index is 0.0641. The number of pyridine rings is 1. The van der Waals surface area contributed by atoms with Gasteiger partial charge in [-0.05, 0) is 68.9 Å². The Hall–Kier alpha value is -2.69. The van der Waals surface area contributed by atoms with Crippen molar-refractivity contribution in [3.8, 4) is 11.3 Å². The molecule has 2 aromatic carbocycles. The van der Waals surface area contributed by atoms with Crippen molar-refractivity contribution < 1.29 is 4.42 Å². The van der Waals surface area contributed by atoms with Gasteiger partial charge in [0.25, 0.3) is 0 Å². The highest BCUT2D eigenvalue weighted by atomic mass is 32.1. The van der Waals surface area contributed by atoms with Gasteiger partial charge in [0.05, 0.1) is 15.8 Å². The van der Waals surface area contributed by atoms with E-state index in [9.17, 15) is 0 Å². The molecule has 4 heteroatoms. The van der Waals surface area contributed by atoms with E-state index >= 15 is 0 Å². The third-order valence-electron chi connectivity index (χ3n) is 5.60. The number of hydrogen-bond acceptors (Lipinski definition) is 4. The molecule has 0 atom stereocenters. The van der Waals surface area contributed by atoms with Gasteiger partial charge in [-0.2, -0.15) is 0 Å². The summed E-state index contributed by atoms with van der Waals surface area (Å²) >= 11 is 3.55. The van der Waals surface area contributed by atoms with Gasteiger partial charge in [0.1, 0.15) is 5.58 Å². The molecule has 29 heavy (non-hydrogen) atoms. The molecule has 2 nitrogen and oxygen atoms in total. The van der Waals surface area contributed by atoms with Crippen LogP contribution in [0, 0.1) is 0 Å². The van der Waals surface area contributed by atoms with E-state index in [1.165, 1.54) is 25.7 Å². The number of furan rings is 1. The number of rotatable bonds is 1. The maximum Gasteiger partial charge on any atom is 0.153 e. The lowest BCUT2D eigenvalue weighted by atomic mass is 9.85. The molecule has 0 saturated carbocycles. The lowest BCUT2D eigenvalue weighted by molar-refractivity contribution is 0.597. The number of aromatic nitrogens is 1. The first-order valence-corrected chi connectivity index (χ1v) is 11.5. The van der Waals surface area contributed by atoms with Crippen molar-refractivity contribution in [1.29, 1.82) is 0 Å². The number of benzene rings is 2. The third kappa shape index (κ3) is 2.49. The van der Waals surface area contributed by atoms with Crippen LogP contribution in [0.2, 0.25) is 0 Å². The summed E-state index contributed by atoms with van der Waals surface area (Å²) in [6.45, 7) is 6.83. The molecule has 0 radical (unpaired) electrons. The minimum Gasteiger partial charge on any atom is -0.454 e. The summed E-state index contributed by atoms with van der Waals surface area (Å²) in [7, 11) is 0. The maximum absolute atomic E-state index is 6.33. The predicted octanol–water partition coefficient (Wildman–Crippen LogP) is 8.37. The Morgan fingerprint density at radius 2 is 1.66 bits per heavy atom. The minimum atomic E-state index is 0.0641. The van der Waals surface area contributed by atoms with Crippen LogP contribution in [0.5, 0.6) is 0 Å². The molecule has 0 bridgehead atoms. The summed E-state index contributed by atoms with van der Waals surface area (Å²) in [6.07, 6.45) is 1.86. The highest BCUT2D eigenvalue weighted by Gasteiger charge is 2.21. The van der Waals surface area contributed by atoms with Crippen LogP contribution in [-0.2, 0) is 5.41 Å². The maximum atomic E-state index is 6.33. The number of fused-ring (bicyclic) bond motifs is 6. The molecule has 6 rings (SSSR count). The van der Waals surface area contributed by atoms with Crippen LogP contribution < -0.4 is 0 Å².